The van der Waals surface area contributed by atoms with Crippen molar-refractivity contribution in [1.82, 2.24) is 25.0 Å². The van der Waals surface area contributed by atoms with E-state index in [2.05, 4.69) is 30.9 Å². The van der Waals surface area contributed by atoms with Gasteiger partial charge in [0.1, 0.15) is 11.3 Å². The molecule has 148 valence electrons. The van der Waals surface area contributed by atoms with Crippen molar-refractivity contribution in [2.75, 3.05) is 17.2 Å². The number of carbonyl (C=O) groups is 1. The van der Waals surface area contributed by atoms with E-state index in [4.69, 9.17) is 5.73 Å². The molecule has 28 heavy (non-hydrogen) atoms. The van der Waals surface area contributed by atoms with Crippen LogP contribution in [0.3, 0.4) is 0 Å². The summed E-state index contributed by atoms with van der Waals surface area (Å²) >= 11 is 0. The first-order valence-electron chi connectivity index (χ1n) is 8.72. The first kappa shape index (κ1) is 19.3. The van der Waals surface area contributed by atoms with Gasteiger partial charge in [0.15, 0.2) is 17.0 Å². The molecule has 0 bridgehead atoms. The van der Waals surface area contributed by atoms with Gasteiger partial charge in [-0.25, -0.2) is 9.48 Å². The Labute approximate surface area is 160 Å². The largest absolute Gasteiger partial charge is 0.507 e. The van der Waals surface area contributed by atoms with Crippen molar-refractivity contribution in [3.05, 3.63) is 23.8 Å². The van der Waals surface area contributed by atoms with Gasteiger partial charge in [0.2, 0.25) is 5.95 Å². The number of carboxylic acid groups (broad SMARTS) is 1. The van der Waals surface area contributed by atoms with Crippen LogP contribution in [-0.2, 0) is 0 Å². The van der Waals surface area contributed by atoms with Gasteiger partial charge in [0.05, 0.1) is 6.04 Å². The summed E-state index contributed by atoms with van der Waals surface area (Å²) in [5.74, 6) is -0.866. The van der Waals surface area contributed by atoms with Gasteiger partial charge in [-0.15, -0.1) is 5.10 Å². The van der Waals surface area contributed by atoms with E-state index < -0.39 is 5.97 Å². The van der Waals surface area contributed by atoms with Crippen molar-refractivity contribution in [3.63, 3.8) is 0 Å². The Balaban J connectivity index is 2.06. The maximum absolute atomic E-state index is 11.3. The molecule has 0 amide bonds. The van der Waals surface area contributed by atoms with Gasteiger partial charge in [0, 0.05) is 18.3 Å². The molecule has 0 saturated carbocycles. The summed E-state index contributed by atoms with van der Waals surface area (Å²) in [6, 6.07) is 4.08. The highest BCUT2D eigenvalue weighted by Gasteiger charge is 2.18. The normalized spacial score (nSPS) is 12.3. The Morgan fingerprint density at radius 2 is 2.04 bits per heavy atom. The molecule has 11 heteroatoms. The smallest absolute Gasteiger partial charge is 0.339 e. The molecule has 3 aromatic rings. The van der Waals surface area contributed by atoms with Gasteiger partial charge < -0.3 is 26.6 Å². The molecule has 0 spiro atoms. The molecule has 0 aliphatic heterocycles. The lowest BCUT2D eigenvalue weighted by Gasteiger charge is -2.12. The number of aromatic nitrogens is 5. The van der Waals surface area contributed by atoms with E-state index in [1.807, 2.05) is 20.8 Å². The lowest BCUT2D eigenvalue weighted by atomic mass is 10.2. The van der Waals surface area contributed by atoms with Crippen LogP contribution in [0.25, 0.3) is 11.2 Å². The third-order valence-electron chi connectivity index (χ3n) is 3.88. The number of phenols is 1. The zero-order valence-corrected chi connectivity index (χ0v) is 15.7. The van der Waals surface area contributed by atoms with Crippen LogP contribution in [0.4, 0.5) is 17.5 Å². The number of nitrogens with one attached hydrogen (secondary N) is 2. The quantitative estimate of drug-likeness (QED) is 0.377. The van der Waals surface area contributed by atoms with Crippen molar-refractivity contribution in [3.8, 4) is 5.75 Å². The Morgan fingerprint density at radius 1 is 1.29 bits per heavy atom. The maximum atomic E-state index is 11.3. The van der Waals surface area contributed by atoms with E-state index in [0.717, 1.165) is 0 Å². The Kier molecular flexibility index (Phi) is 5.27. The fourth-order valence-electron chi connectivity index (χ4n) is 2.52. The summed E-state index contributed by atoms with van der Waals surface area (Å²) in [5, 5.41) is 33.3. The van der Waals surface area contributed by atoms with Crippen LogP contribution in [0, 0.1) is 0 Å². The van der Waals surface area contributed by atoms with Crippen LogP contribution >= 0.6 is 0 Å². The van der Waals surface area contributed by atoms with Crippen LogP contribution in [0.15, 0.2) is 18.2 Å². The van der Waals surface area contributed by atoms with Crippen LogP contribution in [-0.4, -0.2) is 53.7 Å². The highest BCUT2D eigenvalue weighted by Crippen LogP contribution is 2.27. The fourth-order valence-corrected chi connectivity index (χ4v) is 2.52. The number of anilines is 3. The molecule has 1 atom stereocenters. The first-order chi connectivity index (χ1) is 13.3. The van der Waals surface area contributed by atoms with E-state index in [-0.39, 0.29) is 23.4 Å². The van der Waals surface area contributed by atoms with E-state index in [9.17, 15) is 15.0 Å². The molecule has 2 heterocycles. The molecule has 1 aromatic carbocycles. The number of fused-ring (bicyclic) bond motifs is 1. The third kappa shape index (κ3) is 3.93. The molecule has 0 aliphatic carbocycles. The third-order valence-corrected chi connectivity index (χ3v) is 3.88. The molecule has 0 aliphatic rings. The minimum Gasteiger partial charge on any atom is -0.507 e. The van der Waals surface area contributed by atoms with Gasteiger partial charge >= 0.3 is 5.97 Å². The second-order valence-electron chi connectivity index (χ2n) is 6.72. The number of hydrogen-bond acceptors (Lipinski definition) is 9. The Hall–Kier alpha value is -3.47. The summed E-state index contributed by atoms with van der Waals surface area (Å²) in [4.78, 5) is 20.2. The summed E-state index contributed by atoms with van der Waals surface area (Å²) < 4.78 is 1.67. The van der Waals surface area contributed by atoms with Gasteiger partial charge in [-0.05, 0) is 39.0 Å². The van der Waals surface area contributed by atoms with Gasteiger partial charge in [-0.3, -0.25) is 0 Å². The summed E-state index contributed by atoms with van der Waals surface area (Å²) in [6.45, 7) is 6.24. The average Bonchev–Trinajstić information content (AvgIpc) is 3.05. The highest BCUT2D eigenvalue weighted by molar-refractivity contribution is 5.93. The van der Waals surface area contributed by atoms with E-state index in [0.29, 0.717) is 35.2 Å². The van der Waals surface area contributed by atoms with Crippen molar-refractivity contribution < 1.29 is 15.0 Å². The minimum absolute atomic E-state index is 0.0290. The first-order valence-corrected chi connectivity index (χ1v) is 8.72. The van der Waals surface area contributed by atoms with Crippen molar-refractivity contribution >= 4 is 34.6 Å². The van der Waals surface area contributed by atoms with Crippen LogP contribution in [0.2, 0.25) is 0 Å². The molecule has 3 rings (SSSR count). The molecule has 0 radical (unpaired) electrons. The number of aromatic carboxylic acids is 1. The average molecular weight is 386 g/mol. The van der Waals surface area contributed by atoms with Gasteiger partial charge in [-0.2, -0.15) is 9.97 Å². The molecular formula is C17H22N8O3. The second-order valence-corrected chi connectivity index (χ2v) is 6.72. The van der Waals surface area contributed by atoms with E-state index >= 15 is 0 Å². The summed E-state index contributed by atoms with van der Waals surface area (Å²) in [5.41, 5.74) is 6.95. The minimum atomic E-state index is -1.24. The molecule has 0 saturated heterocycles. The van der Waals surface area contributed by atoms with Crippen LogP contribution in [0.1, 0.15) is 37.2 Å². The maximum Gasteiger partial charge on any atom is 0.339 e. The van der Waals surface area contributed by atoms with Crippen molar-refractivity contribution in [2.45, 2.75) is 32.9 Å². The summed E-state index contributed by atoms with van der Waals surface area (Å²) in [6.07, 6.45) is 0. The Morgan fingerprint density at radius 3 is 2.68 bits per heavy atom. The molecular weight excluding hydrogens is 364 g/mol. The van der Waals surface area contributed by atoms with Gasteiger partial charge in [-0.1, -0.05) is 5.21 Å². The number of nitrogens with two attached hydrogens (primary N) is 1. The second kappa shape index (κ2) is 7.64. The monoisotopic (exact) mass is 386 g/mol. The number of nitrogens with zero attached hydrogens (tertiary/aromatic N) is 5. The summed E-state index contributed by atoms with van der Waals surface area (Å²) in [7, 11) is 0. The fraction of sp³-hybridized carbons (Fsp3) is 0.353. The molecule has 6 N–H and O–H groups in total. The van der Waals surface area contributed by atoms with Crippen molar-refractivity contribution in [1.29, 1.82) is 0 Å². The number of rotatable bonds is 7. The number of carboxylic acids is 1. The molecule has 0 fully saturated rings. The van der Waals surface area contributed by atoms with Crippen molar-refractivity contribution in [2.24, 2.45) is 5.73 Å². The predicted octanol–water partition coefficient (Wildman–Crippen LogP) is 1.71. The lowest BCUT2D eigenvalue weighted by molar-refractivity contribution is 0.0694. The Bertz CT molecular complexity index is 1020. The zero-order chi connectivity index (χ0) is 20.4. The van der Waals surface area contributed by atoms with E-state index in [1.165, 1.54) is 18.2 Å². The van der Waals surface area contributed by atoms with Gasteiger partial charge in [0.25, 0.3) is 0 Å². The molecule has 1 unspecified atom stereocenters. The number of benzene rings is 1. The molecule has 2 aromatic heterocycles. The number of hydrogen-bond donors (Lipinski definition) is 5. The predicted molar refractivity (Wildman–Crippen MR) is 104 cm³/mol. The topological polar surface area (TPSA) is 164 Å². The number of aromatic hydroxyl groups is 1. The highest BCUT2D eigenvalue weighted by atomic mass is 16.4. The van der Waals surface area contributed by atoms with E-state index in [1.54, 1.807) is 4.68 Å². The SMILES string of the molecule is CC(N)CNc1nc(Nc2ccc(O)c(C(=O)O)c2)c2nnn(C(C)C)c2n1. The van der Waals surface area contributed by atoms with Crippen LogP contribution in [0.5, 0.6) is 5.75 Å². The molecule has 11 nitrogen and oxygen atoms in total. The standard InChI is InChI=1S/C17H22N8O3/c1-8(2)25-15-13(23-24-25)14(21-17(22-15)19-7-9(3)18)20-10-4-5-12(26)11(6-10)16(27)28/h4-6,8-9,26H,7,18H2,1-3H3,(H,27,28)(H2,19,20,21,22). The van der Waals surface area contributed by atoms with Crippen LogP contribution < -0.4 is 16.4 Å². The zero-order valence-electron chi connectivity index (χ0n) is 15.7. The lowest BCUT2D eigenvalue weighted by Crippen LogP contribution is -2.26.